The predicted octanol–water partition coefficient (Wildman–Crippen LogP) is 1.54. The molecule has 0 radical (unpaired) electrons. The number of halogens is 2. The molecule has 0 aliphatic heterocycles. The van der Waals surface area contributed by atoms with Gasteiger partial charge in [0.1, 0.15) is 11.5 Å². The second-order valence-electron chi connectivity index (χ2n) is 3.11. The van der Waals surface area contributed by atoms with E-state index < -0.39 is 24.5 Å². The van der Waals surface area contributed by atoms with Crippen molar-refractivity contribution in [2.45, 2.75) is 19.8 Å². The molecule has 0 saturated carbocycles. The van der Waals surface area contributed by atoms with Crippen molar-refractivity contribution in [2.75, 3.05) is 5.73 Å². The van der Waals surface area contributed by atoms with E-state index in [1.54, 1.807) is 6.92 Å². The van der Waals surface area contributed by atoms with Crippen molar-refractivity contribution >= 4 is 11.8 Å². The molecule has 15 heavy (non-hydrogen) atoms. The van der Waals surface area contributed by atoms with Crippen molar-refractivity contribution in [1.82, 2.24) is 4.98 Å². The third-order valence-corrected chi connectivity index (χ3v) is 1.91. The smallest absolute Gasteiger partial charge is 0.307 e. The number of carboxylic acids is 1. The molecule has 1 aromatic heterocycles. The van der Waals surface area contributed by atoms with Crippen molar-refractivity contribution < 1.29 is 18.7 Å². The first-order chi connectivity index (χ1) is 6.91. The molecule has 0 saturated heterocycles. The number of aliphatic carboxylic acids is 1. The molecule has 4 nitrogen and oxygen atoms in total. The van der Waals surface area contributed by atoms with E-state index >= 15 is 0 Å². The van der Waals surface area contributed by atoms with Gasteiger partial charge in [-0.25, -0.2) is 13.8 Å². The highest BCUT2D eigenvalue weighted by Gasteiger charge is 2.18. The van der Waals surface area contributed by atoms with Crippen molar-refractivity contribution in [3.63, 3.8) is 0 Å². The van der Waals surface area contributed by atoms with E-state index in [-0.39, 0.29) is 11.4 Å². The van der Waals surface area contributed by atoms with Crippen LogP contribution in [0, 0.1) is 6.92 Å². The van der Waals surface area contributed by atoms with E-state index in [2.05, 4.69) is 4.98 Å². The topological polar surface area (TPSA) is 76.2 Å². The van der Waals surface area contributed by atoms with E-state index in [0.29, 0.717) is 5.56 Å². The number of hydrogen-bond donors (Lipinski definition) is 2. The Morgan fingerprint density at radius 3 is 2.73 bits per heavy atom. The minimum absolute atomic E-state index is 0.000520. The maximum atomic E-state index is 12.5. The molecule has 0 amide bonds. The number of aryl methyl sites for hydroxylation is 1. The van der Waals surface area contributed by atoms with Crippen LogP contribution in [0.25, 0.3) is 0 Å². The quantitative estimate of drug-likeness (QED) is 0.803. The largest absolute Gasteiger partial charge is 0.481 e. The van der Waals surface area contributed by atoms with Crippen molar-refractivity contribution in [2.24, 2.45) is 0 Å². The van der Waals surface area contributed by atoms with E-state index in [9.17, 15) is 13.6 Å². The summed E-state index contributed by atoms with van der Waals surface area (Å²) < 4.78 is 25.0. The molecule has 1 aromatic rings. The minimum atomic E-state index is -2.82. The number of nitrogen functional groups attached to an aromatic ring is 1. The van der Waals surface area contributed by atoms with Crippen LogP contribution >= 0.6 is 0 Å². The lowest BCUT2D eigenvalue weighted by atomic mass is 10.1. The number of carbonyl (C=O) groups is 1. The third kappa shape index (κ3) is 2.61. The van der Waals surface area contributed by atoms with Crippen LogP contribution in [0.1, 0.15) is 23.2 Å². The molecule has 1 heterocycles. The summed E-state index contributed by atoms with van der Waals surface area (Å²) in [5.74, 6) is -1.18. The average molecular weight is 216 g/mol. The van der Waals surface area contributed by atoms with Gasteiger partial charge in [-0.05, 0) is 24.1 Å². The van der Waals surface area contributed by atoms with Gasteiger partial charge < -0.3 is 10.8 Å². The first-order valence-corrected chi connectivity index (χ1v) is 4.17. The lowest BCUT2D eigenvalue weighted by Gasteiger charge is -2.09. The van der Waals surface area contributed by atoms with Gasteiger partial charge in [0.25, 0.3) is 6.43 Å². The third-order valence-electron chi connectivity index (χ3n) is 1.91. The normalized spacial score (nSPS) is 10.7. The zero-order valence-electron chi connectivity index (χ0n) is 8.00. The summed E-state index contributed by atoms with van der Waals surface area (Å²) in [5, 5.41) is 8.53. The van der Waals surface area contributed by atoms with Gasteiger partial charge in [-0.15, -0.1) is 0 Å². The second-order valence-corrected chi connectivity index (χ2v) is 3.11. The summed E-state index contributed by atoms with van der Waals surface area (Å²) in [7, 11) is 0. The van der Waals surface area contributed by atoms with Crippen LogP contribution in [0.2, 0.25) is 0 Å². The van der Waals surface area contributed by atoms with Gasteiger partial charge in [0, 0.05) is 0 Å². The summed E-state index contributed by atoms with van der Waals surface area (Å²) in [4.78, 5) is 13.9. The number of carboxylic acid groups (broad SMARTS) is 1. The molecule has 82 valence electrons. The number of aromatic nitrogens is 1. The molecular formula is C9H10F2N2O2. The summed E-state index contributed by atoms with van der Waals surface area (Å²) in [6.45, 7) is 1.59. The van der Waals surface area contributed by atoms with E-state index in [1.165, 1.54) is 6.07 Å². The monoisotopic (exact) mass is 216 g/mol. The fourth-order valence-electron chi connectivity index (χ4n) is 1.19. The Kier molecular flexibility index (Phi) is 3.18. The molecule has 0 bridgehead atoms. The number of anilines is 1. The number of pyridine rings is 1. The average Bonchev–Trinajstić information content (AvgIpc) is 2.09. The van der Waals surface area contributed by atoms with Crippen molar-refractivity contribution in [1.29, 1.82) is 0 Å². The maximum Gasteiger partial charge on any atom is 0.307 e. The molecular weight excluding hydrogens is 206 g/mol. The van der Waals surface area contributed by atoms with Crippen molar-refractivity contribution in [3.05, 3.63) is 22.9 Å². The maximum absolute atomic E-state index is 12.5. The Hall–Kier alpha value is -1.72. The highest BCUT2D eigenvalue weighted by molar-refractivity contribution is 5.71. The fraction of sp³-hybridized carbons (Fsp3) is 0.333. The van der Waals surface area contributed by atoms with Crippen LogP contribution in [0.3, 0.4) is 0 Å². The van der Waals surface area contributed by atoms with Gasteiger partial charge in [-0.2, -0.15) is 0 Å². The van der Waals surface area contributed by atoms with Crippen LogP contribution in [0.5, 0.6) is 0 Å². The highest BCUT2D eigenvalue weighted by Crippen LogP contribution is 2.24. The van der Waals surface area contributed by atoms with E-state index in [4.69, 9.17) is 10.8 Å². The van der Waals surface area contributed by atoms with E-state index in [0.717, 1.165) is 0 Å². The number of hydrogen-bond acceptors (Lipinski definition) is 3. The second kappa shape index (κ2) is 4.20. The minimum Gasteiger partial charge on any atom is -0.481 e. The van der Waals surface area contributed by atoms with Crippen LogP contribution < -0.4 is 5.73 Å². The fourth-order valence-corrected chi connectivity index (χ4v) is 1.19. The van der Waals surface area contributed by atoms with Gasteiger partial charge in [0.2, 0.25) is 0 Å². The standard InChI is InChI=1S/C9H10F2N2O2/c1-4-2-5(3-6(14)15)7(8(10)11)13-9(4)12/h2,8H,3H2,1H3,(H2,12,13)(H,14,15). The SMILES string of the molecule is Cc1cc(CC(=O)O)c(C(F)F)nc1N. The first-order valence-electron chi connectivity index (χ1n) is 4.17. The van der Waals surface area contributed by atoms with Gasteiger partial charge in [0.05, 0.1) is 6.42 Å². The molecule has 3 N–H and O–H groups in total. The molecule has 0 fully saturated rings. The molecule has 1 rings (SSSR count). The van der Waals surface area contributed by atoms with Crippen LogP contribution in [0.4, 0.5) is 14.6 Å². The van der Waals surface area contributed by atoms with Crippen LogP contribution in [0.15, 0.2) is 6.07 Å². The van der Waals surface area contributed by atoms with Gasteiger partial charge in [-0.3, -0.25) is 4.79 Å². The predicted molar refractivity (Wildman–Crippen MR) is 49.7 cm³/mol. The van der Waals surface area contributed by atoms with Gasteiger partial charge in [-0.1, -0.05) is 0 Å². The Labute approximate surface area is 84.7 Å². The van der Waals surface area contributed by atoms with Crippen LogP contribution in [-0.4, -0.2) is 16.1 Å². The molecule has 6 heteroatoms. The molecule has 0 aromatic carbocycles. The summed E-state index contributed by atoms with van der Waals surface area (Å²) >= 11 is 0. The summed E-state index contributed by atoms with van der Waals surface area (Å²) in [6, 6.07) is 1.33. The zero-order chi connectivity index (χ0) is 11.6. The molecule has 0 atom stereocenters. The number of alkyl halides is 2. The Bertz CT molecular complexity index is 394. The van der Waals surface area contributed by atoms with Crippen molar-refractivity contribution in [3.8, 4) is 0 Å². The first kappa shape index (κ1) is 11.4. The number of nitrogens with zero attached hydrogens (tertiary/aromatic N) is 1. The van der Waals surface area contributed by atoms with E-state index in [1.807, 2.05) is 0 Å². The highest BCUT2D eigenvalue weighted by atomic mass is 19.3. The molecule has 0 aliphatic carbocycles. The van der Waals surface area contributed by atoms with Gasteiger partial charge >= 0.3 is 5.97 Å². The summed E-state index contributed by atoms with van der Waals surface area (Å²) in [5.41, 5.74) is 5.31. The number of nitrogens with two attached hydrogens (primary N) is 1. The lowest BCUT2D eigenvalue weighted by Crippen LogP contribution is -2.08. The Balaban J connectivity index is 3.21. The lowest BCUT2D eigenvalue weighted by molar-refractivity contribution is -0.136. The molecule has 0 unspecified atom stereocenters. The van der Waals surface area contributed by atoms with Crippen LogP contribution in [-0.2, 0) is 11.2 Å². The molecule has 0 aliphatic rings. The van der Waals surface area contributed by atoms with Gasteiger partial charge in [0.15, 0.2) is 0 Å². The number of rotatable bonds is 3. The summed E-state index contributed by atoms with van der Waals surface area (Å²) in [6.07, 6.45) is -3.30. The Morgan fingerprint density at radius 1 is 1.67 bits per heavy atom. The Morgan fingerprint density at radius 2 is 2.27 bits per heavy atom. The molecule has 0 spiro atoms. The zero-order valence-corrected chi connectivity index (χ0v) is 8.00.